The molecule has 1 heterocycles. The molecular formula is C14H14ClN3O. The quantitative estimate of drug-likeness (QED) is 0.917. The van der Waals surface area contributed by atoms with Gasteiger partial charge in [0.15, 0.2) is 0 Å². The molecule has 0 aliphatic carbocycles. The Balaban J connectivity index is 2.36. The predicted octanol–water partition coefficient (Wildman–Crippen LogP) is 2.90. The maximum Gasteiger partial charge on any atom is 0.278 e. The summed E-state index contributed by atoms with van der Waals surface area (Å²) in [5.41, 5.74) is 7.60. The van der Waals surface area contributed by atoms with Crippen LogP contribution in [0.3, 0.4) is 0 Å². The number of hydrogen-bond acceptors (Lipinski definition) is 3. The average molecular weight is 276 g/mol. The second-order valence-corrected chi connectivity index (χ2v) is 4.68. The number of nitrogen functional groups attached to an aromatic ring is 1. The van der Waals surface area contributed by atoms with Crippen molar-refractivity contribution in [2.45, 2.75) is 6.92 Å². The van der Waals surface area contributed by atoms with Gasteiger partial charge >= 0.3 is 0 Å². The number of anilines is 2. The number of aryl methyl sites for hydroxylation is 1. The van der Waals surface area contributed by atoms with E-state index in [1.165, 1.54) is 4.90 Å². The van der Waals surface area contributed by atoms with Gasteiger partial charge in [-0.2, -0.15) is 0 Å². The Morgan fingerprint density at radius 2 is 2.05 bits per heavy atom. The first-order valence-electron chi connectivity index (χ1n) is 5.76. The first-order valence-corrected chi connectivity index (χ1v) is 6.13. The molecule has 0 radical (unpaired) electrons. The summed E-state index contributed by atoms with van der Waals surface area (Å²) in [5.74, 6) is -0.0201. The van der Waals surface area contributed by atoms with E-state index in [4.69, 9.17) is 17.3 Å². The number of benzene rings is 1. The Kier molecular flexibility index (Phi) is 3.71. The second-order valence-electron chi connectivity index (χ2n) is 4.27. The zero-order valence-corrected chi connectivity index (χ0v) is 11.5. The number of nitrogens with two attached hydrogens (primary N) is 1. The number of carbonyl (C=O) groups is 1. The lowest BCUT2D eigenvalue weighted by atomic mass is 10.2. The van der Waals surface area contributed by atoms with Gasteiger partial charge in [-0.05, 0) is 36.8 Å². The summed E-state index contributed by atoms with van der Waals surface area (Å²) >= 11 is 5.99. The SMILES string of the molecule is Cc1cccc(N(C)C(=O)c2nc(N)ccc2Cl)c1. The van der Waals surface area contributed by atoms with Crippen molar-refractivity contribution in [1.82, 2.24) is 4.98 Å². The molecule has 2 N–H and O–H groups in total. The van der Waals surface area contributed by atoms with E-state index in [1.54, 1.807) is 19.2 Å². The highest BCUT2D eigenvalue weighted by atomic mass is 35.5. The van der Waals surface area contributed by atoms with Gasteiger partial charge in [-0.3, -0.25) is 4.79 Å². The minimum atomic E-state index is -0.289. The number of nitrogens with zero attached hydrogens (tertiary/aromatic N) is 2. The summed E-state index contributed by atoms with van der Waals surface area (Å²) in [6.45, 7) is 1.97. The largest absolute Gasteiger partial charge is 0.384 e. The zero-order valence-electron chi connectivity index (χ0n) is 10.7. The van der Waals surface area contributed by atoms with Gasteiger partial charge in [-0.25, -0.2) is 4.98 Å². The predicted molar refractivity (Wildman–Crippen MR) is 77.6 cm³/mol. The molecule has 19 heavy (non-hydrogen) atoms. The number of halogens is 1. The van der Waals surface area contributed by atoms with Gasteiger partial charge in [-0.15, -0.1) is 0 Å². The van der Waals surface area contributed by atoms with Crippen LogP contribution in [0.4, 0.5) is 11.5 Å². The number of rotatable bonds is 2. The lowest BCUT2D eigenvalue weighted by Crippen LogP contribution is -2.27. The van der Waals surface area contributed by atoms with Crippen molar-refractivity contribution in [3.8, 4) is 0 Å². The fourth-order valence-corrected chi connectivity index (χ4v) is 1.91. The monoisotopic (exact) mass is 275 g/mol. The van der Waals surface area contributed by atoms with Crippen molar-refractivity contribution in [2.24, 2.45) is 0 Å². The normalized spacial score (nSPS) is 10.3. The Morgan fingerprint density at radius 1 is 1.32 bits per heavy atom. The van der Waals surface area contributed by atoms with E-state index in [-0.39, 0.29) is 17.4 Å². The zero-order chi connectivity index (χ0) is 14.0. The number of hydrogen-bond donors (Lipinski definition) is 1. The summed E-state index contributed by atoms with van der Waals surface area (Å²) in [6, 6.07) is 10.8. The van der Waals surface area contributed by atoms with Gasteiger partial charge in [-0.1, -0.05) is 23.7 Å². The van der Waals surface area contributed by atoms with Crippen LogP contribution in [-0.2, 0) is 0 Å². The van der Waals surface area contributed by atoms with Crippen LogP contribution in [0.5, 0.6) is 0 Å². The van der Waals surface area contributed by atoms with Gasteiger partial charge in [0.1, 0.15) is 11.5 Å². The first-order chi connectivity index (χ1) is 8.99. The van der Waals surface area contributed by atoms with E-state index < -0.39 is 0 Å². The van der Waals surface area contributed by atoms with Crippen LogP contribution in [0.1, 0.15) is 16.1 Å². The van der Waals surface area contributed by atoms with Gasteiger partial charge < -0.3 is 10.6 Å². The van der Waals surface area contributed by atoms with Crippen molar-refractivity contribution < 1.29 is 4.79 Å². The van der Waals surface area contributed by atoms with E-state index in [0.717, 1.165) is 11.3 Å². The molecule has 0 atom stereocenters. The van der Waals surface area contributed by atoms with E-state index in [1.807, 2.05) is 31.2 Å². The summed E-state index contributed by atoms with van der Waals surface area (Å²) in [6.07, 6.45) is 0. The molecular weight excluding hydrogens is 262 g/mol. The molecule has 1 aromatic heterocycles. The van der Waals surface area contributed by atoms with Crippen LogP contribution in [0, 0.1) is 6.92 Å². The van der Waals surface area contributed by atoms with Crippen LogP contribution in [0.25, 0.3) is 0 Å². The summed E-state index contributed by atoms with van der Waals surface area (Å²) in [5, 5.41) is 0.290. The summed E-state index contributed by atoms with van der Waals surface area (Å²) in [7, 11) is 1.68. The third kappa shape index (κ3) is 2.85. The van der Waals surface area contributed by atoms with Gasteiger partial charge in [0.25, 0.3) is 5.91 Å². The lowest BCUT2D eigenvalue weighted by Gasteiger charge is -2.18. The molecule has 0 unspecified atom stereocenters. The highest BCUT2D eigenvalue weighted by Gasteiger charge is 2.18. The highest BCUT2D eigenvalue weighted by molar-refractivity contribution is 6.34. The van der Waals surface area contributed by atoms with Gasteiger partial charge in [0.2, 0.25) is 0 Å². The minimum Gasteiger partial charge on any atom is -0.384 e. The minimum absolute atomic E-state index is 0.158. The Hall–Kier alpha value is -2.07. The van der Waals surface area contributed by atoms with Gasteiger partial charge in [0, 0.05) is 12.7 Å². The number of pyridine rings is 1. The summed E-state index contributed by atoms with van der Waals surface area (Å²) in [4.78, 5) is 17.8. The van der Waals surface area contributed by atoms with Crippen LogP contribution >= 0.6 is 11.6 Å². The molecule has 1 amide bonds. The number of amides is 1. The standard InChI is InChI=1S/C14H14ClN3O/c1-9-4-3-5-10(8-9)18(2)14(19)13-11(15)6-7-12(16)17-13/h3-8H,1-2H3,(H2,16,17). The molecule has 2 aromatic rings. The molecule has 98 valence electrons. The maximum absolute atomic E-state index is 12.4. The molecule has 5 heteroatoms. The highest BCUT2D eigenvalue weighted by Crippen LogP contribution is 2.21. The number of aromatic nitrogens is 1. The first kappa shape index (κ1) is 13.4. The van der Waals surface area contributed by atoms with Crippen molar-refractivity contribution in [3.63, 3.8) is 0 Å². The second kappa shape index (κ2) is 5.28. The Morgan fingerprint density at radius 3 is 2.74 bits per heavy atom. The third-order valence-electron chi connectivity index (χ3n) is 2.76. The molecule has 0 spiro atoms. The number of carbonyl (C=O) groups excluding carboxylic acids is 1. The smallest absolute Gasteiger partial charge is 0.278 e. The van der Waals surface area contributed by atoms with Crippen LogP contribution < -0.4 is 10.6 Å². The van der Waals surface area contributed by atoms with Crippen molar-refractivity contribution in [1.29, 1.82) is 0 Å². The van der Waals surface area contributed by atoms with E-state index in [9.17, 15) is 4.79 Å². The molecule has 0 aliphatic heterocycles. The van der Waals surface area contributed by atoms with E-state index in [2.05, 4.69) is 4.98 Å². The van der Waals surface area contributed by atoms with E-state index >= 15 is 0 Å². The summed E-state index contributed by atoms with van der Waals surface area (Å²) < 4.78 is 0. The van der Waals surface area contributed by atoms with Gasteiger partial charge in [0.05, 0.1) is 5.02 Å². The molecule has 4 nitrogen and oxygen atoms in total. The third-order valence-corrected chi connectivity index (χ3v) is 3.07. The van der Waals surface area contributed by atoms with Crippen molar-refractivity contribution in [2.75, 3.05) is 17.7 Å². The topological polar surface area (TPSA) is 59.2 Å². The maximum atomic E-state index is 12.4. The molecule has 2 rings (SSSR count). The Labute approximate surface area is 116 Å². The average Bonchev–Trinajstić information content (AvgIpc) is 2.40. The van der Waals surface area contributed by atoms with Crippen molar-refractivity contribution >= 4 is 29.0 Å². The van der Waals surface area contributed by atoms with Crippen LogP contribution in [0.15, 0.2) is 36.4 Å². The van der Waals surface area contributed by atoms with E-state index in [0.29, 0.717) is 5.02 Å². The molecule has 0 saturated heterocycles. The molecule has 1 aromatic carbocycles. The van der Waals surface area contributed by atoms with Crippen LogP contribution in [-0.4, -0.2) is 17.9 Å². The van der Waals surface area contributed by atoms with Crippen molar-refractivity contribution in [3.05, 3.63) is 52.7 Å². The molecule has 0 saturated carbocycles. The molecule has 0 fully saturated rings. The van der Waals surface area contributed by atoms with Crippen LogP contribution in [0.2, 0.25) is 5.02 Å². The fourth-order valence-electron chi connectivity index (χ4n) is 1.72. The lowest BCUT2D eigenvalue weighted by molar-refractivity contribution is 0.0988. The molecule has 0 bridgehead atoms. The Bertz CT molecular complexity index is 628. The molecule has 0 aliphatic rings. The fraction of sp³-hybridized carbons (Fsp3) is 0.143.